The van der Waals surface area contributed by atoms with Crippen LogP contribution >= 0.6 is 0 Å². The molecule has 1 aromatic heterocycles. The van der Waals surface area contributed by atoms with Gasteiger partial charge in [-0.25, -0.2) is 0 Å². The van der Waals surface area contributed by atoms with Crippen LogP contribution in [0.4, 0.5) is 0 Å². The third-order valence-electron chi connectivity index (χ3n) is 3.63. The van der Waals surface area contributed by atoms with Crippen LogP contribution < -0.4 is 5.32 Å². The Bertz CT molecular complexity index is 724. The fourth-order valence-electron chi connectivity index (χ4n) is 2.63. The number of carbonyl (C=O) groups is 3. The maximum Gasteiger partial charge on any atom is 0.234 e. The number of amides is 2. The summed E-state index contributed by atoms with van der Waals surface area (Å²) in [7, 11) is 0. The summed E-state index contributed by atoms with van der Waals surface area (Å²) in [5, 5.41) is 3.92. The smallest absolute Gasteiger partial charge is 0.234 e. The van der Waals surface area contributed by atoms with Crippen LogP contribution in [0.5, 0.6) is 0 Å². The molecular weight excluding hydrogens is 256 g/mol. The lowest BCUT2D eigenvalue weighted by Crippen LogP contribution is -2.39. The first kappa shape index (κ1) is 12.5. The van der Waals surface area contributed by atoms with E-state index in [4.69, 9.17) is 0 Å². The Hall–Kier alpha value is -2.56. The zero-order chi connectivity index (χ0) is 14.1. The summed E-state index contributed by atoms with van der Waals surface area (Å²) in [6.07, 6.45) is 4.85. The first-order valence-corrected chi connectivity index (χ1v) is 6.36. The predicted octanol–water partition coefficient (Wildman–Crippen LogP) is 1.57. The van der Waals surface area contributed by atoms with Crippen LogP contribution in [0.15, 0.2) is 30.6 Å². The molecule has 0 radical (unpaired) electrons. The van der Waals surface area contributed by atoms with E-state index < -0.39 is 0 Å². The molecule has 0 saturated carbocycles. The van der Waals surface area contributed by atoms with Gasteiger partial charge in [0, 0.05) is 29.8 Å². The van der Waals surface area contributed by atoms with E-state index in [0.717, 1.165) is 22.6 Å². The number of hydrogen-bond acceptors (Lipinski definition) is 4. The maximum absolute atomic E-state index is 12.0. The minimum Gasteiger partial charge on any atom is -0.298 e. The summed E-state index contributed by atoms with van der Waals surface area (Å²) in [5.74, 6) is -0.877. The second-order valence-corrected chi connectivity index (χ2v) is 4.79. The van der Waals surface area contributed by atoms with Crippen molar-refractivity contribution in [1.29, 1.82) is 0 Å². The second-order valence-electron chi connectivity index (χ2n) is 4.79. The molecule has 1 aromatic carbocycles. The highest BCUT2D eigenvalue weighted by Gasteiger charge is 2.29. The van der Waals surface area contributed by atoms with Crippen LogP contribution in [-0.4, -0.2) is 23.1 Å². The van der Waals surface area contributed by atoms with Gasteiger partial charge < -0.3 is 0 Å². The van der Waals surface area contributed by atoms with Gasteiger partial charge in [-0.3, -0.25) is 24.7 Å². The Morgan fingerprint density at radius 1 is 1.20 bits per heavy atom. The first-order valence-electron chi connectivity index (χ1n) is 6.36. The number of aromatic nitrogens is 1. The minimum absolute atomic E-state index is 0.235. The Balaban J connectivity index is 2.15. The molecule has 3 rings (SSSR count). The van der Waals surface area contributed by atoms with Gasteiger partial charge in [-0.2, -0.15) is 0 Å². The van der Waals surface area contributed by atoms with Gasteiger partial charge in [0.1, 0.15) is 0 Å². The summed E-state index contributed by atoms with van der Waals surface area (Å²) in [6.45, 7) is 0. The molecule has 5 heteroatoms. The molecule has 1 atom stereocenters. The average Bonchev–Trinajstić information content (AvgIpc) is 2.47. The number of carbonyl (C=O) groups excluding carboxylic acids is 3. The molecule has 0 spiro atoms. The monoisotopic (exact) mass is 268 g/mol. The molecule has 2 amide bonds. The lowest BCUT2D eigenvalue weighted by Gasteiger charge is -2.22. The number of rotatable bonds is 2. The molecule has 2 aromatic rings. The number of benzene rings is 1. The van der Waals surface area contributed by atoms with Gasteiger partial charge in [0.25, 0.3) is 0 Å². The van der Waals surface area contributed by atoms with E-state index in [1.165, 1.54) is 0 Å². The first-order chi connectivity index (χ1) is 9.70. The topological polar surface area (TPSA) is 76.1 Å². The molecule has 0 bridgehead atoms. The Kier molecular flexibility index (Phi) is 3.02. The number of hydrogen-bond donors (Lipinski definition) is 1. The van der Waals surface area contributed by atoms with Gasteiger partial charge in [-0.1, -0.05) is 12.1 Å². The highest BCUT2D eigenvalue weighted by Crippen LogP contribution is 2.31. The van der Waals surface area contributed by atoms with Crippen molar-refractivity contribution in [3.63, 3.8) is 0 Å². The summed E-state index contributed by atoms with van der Waals surface area (Å²) >= 11 is 0. The summed E-state index contributed by atoms with van der Waals surface area (Å²) in [5.41, 5.74) is 1.38. The Morgan fingerprint density at radius 2 is 2.05 bits per heavy atom. The Morgan fingerprint density at radius 3 is 2.80 bits per heavy atom. The van der Waals surface area contributed by atoms with Gasteiger partial charge >= 0.3 is 0 Å². The number of aldehydes is 1. The van der Waals surface area contributed by atoms with Crippen molar-refractivity contribution in [2.24, 2.45) is 0 Å². The fraction of sp³-hybridized carbons (Fsp3) is 0.200. The zero-order valence-electron chi connectivity index (χ0n) is 10.6. The average molecular weight is 268 g/mol. The largest absolute Gasteiger partial charge is 0.298 e. The number of pyridine rings is 1. The van der Waals surface area contributed by atoms with Crippen LogP contribution in [0.25, 0.3) is 10.8 Å². The van der Waals surface area contributed by atoms with Crippen LogP contribution in [0, 0.1) is 0 Å². The number of fused-ring (bicyclic) bond motifs is 1. The summed E-state index contributed by atoms with van der Waals surface area (Å²) in [4.78, 5) is 38.3. The molecule has 2 heterocycles. The van der Waals surface area contributed by atoms with Gasteiger partial charge in [0.2, 0.25) is 11.8 Å². The van der Waals surface area contributed by atoms with Crippen molar-refractivity contribution in [3.05, 3.63) is 41.7 Å². The summed E-state index contributed by atoms with van der Waals surface area (Å²) < 4.78 is 0. The van der Waals surface area contributed by atoms with Crippen molar-refractivity contribution in [3.8, 4) is 0 Å². The molecule has 1 fully saturated rings. The standard InChI is InChI=1S/C15H12N2O3/c18-8-9-1-2-10(11-5-6-16-7-13(9)11)12-3-4-14(19)17-15(12)20/h1-2,5-8,12H,3-4H2,(H,17,19,20). The van der Waals surface area contributed by atoms with E-state index >= 15 is 0 Å². The zero-order valence-corrected chi connectivity index (χ0v) is 10.6. The van der Waals surface area contributed by atoms with Crippen LogP contribution in [0.2, 0.25) is 0 Å². The molecule has 0 aliphatic carbocycles. The molecule has 100 valence electrons. The lowest BCUT2D eigenvalue weighted by atomic mass is 9.86. The van der Waals surface area contributed by atoms with Crippen LogP contribution in [0.1, 0.15) is 34.7 Å². The quantitative estimate of drug-likeness (QED) is 0.662. The summed E-state index contributed by atoms with van der Waals surface area (Å²) in [6, 6.07) is 5.27. The number of nitrogens with one attached hydrogen (secondary N) is 1. The van der Waals surface area contributed by atoms with E-state index in [2.05, 4.69) is 10.3 Å². The number of nitrogens with zero attached hydrogens (tertiary/aromatic N) is 1. The van der Waals surface area contributed by atoms with Gasteiger partial charge in [-0.15, -0.1) is 0 Å². The van der Waals surface area contributed by atoms with Gasteiger partial charge in [0.15, 0.2) is 6.29 Å². The molecule has 1 aliphatic rings. The lowest BCUT2D eigenvalue weighted by molar-refractivity contribution is -0.134. The molecule has 1 saturated heterocycles. The molecule has 1 N–H and O–H groups in total. The highest BCUT2D eigenvalue weighted by molar-refractivity contribution is 6.05. The molecule has 5 nitrogen and oxygen atoms in total. The van der Waals surface area contributed by atoms with Crippen molar-refractivity contribution in [1.82, 2.24) is 10.3 Å². The third-order valence-corrected chi connectivity index (χ3v) is 3.63. The molecule has 1 unspecified atom stereocenters. The second kappa shape index (κ2) is 4.85. The van der Waals surface area contributed by atoms with Crippen LogP contribution in [0.3, 0.4) is 0 Å². The fourth-order valence-corrected chi connectivity index (χ4v) is 2.63. The minimum atomic E-state index is -0.363. The van der Waals surface area contributed by atoms with Crippen molar-refractivity contribution in [2.75, 3.05) is 0 Å². The predicted molar refractivity (Wildman–Crippen MR) is 72.3 cm³/mol. The SMILES string of the molecule is O=Cc1ccc(C2CCC(=O)NC2=O)c2ccncc12. The maximum atomic E-state index is 12.0. The third kappa shape index (κ3) is 1.97. The van der Waals surface area contributed by atoms with E-state index in [0.29, 0.717) is 18.4 Å². The van der Waals surface area contributed by atoms with Crippen molar-refractivity contribution in [2.45, 2.75) is 18.8 Å². The van der Waals surface area contributed by atoms with Gasteiger partial charge in [0.05, 0.1) is 5.92 Å². The van der Waals surface area contributed by atoms with Crippen molar-refractivity contribution >= 4 is 28.9 Å². The molecular formula is C15H12N2O3. The Labute approximate surface area is 115 Å². The van der Waals surface area contributed by atoms with E-state index in [-0.39, 0.29) is 17.7 Å². The highest BCUT2D eigenvalue weighted by atomic mass is 16.2. The van der Waals surface area contributed by atoms with E-state index in [1.54, 1.807) is 30.6 Å². The normalized spacial score (nSPS) is 18.9. The number of piperidine rings is 1. The van der Waals surface area contributed by atoms with Crippen molar-refractivity contribution < 1.29 is 14.4 Å². The molecule has 20 heavy (non-hydrogen) atoms. The number of imide groups is 1. The molecule has 1 aliphatic heterocycles. The van der Waals surface area contributed by atoms with Crippen LogP contribution in [-0.2, 0) is 9.59 Å². The van der Waals surface area contributed by atoms with Gasteiger partial charge in [-0.05, 0) is 23.4 Å². The van der Waals surface area contributed by atoms with E-state index in [1.807, 2.05) is 0 Å². The van der Waals surface area contributed by atoms with E-state index in [9.17, 15) is 14.4 Å².